The lowest BCUT2D eigenvalue weighted by atomic mass is 10.4. The van der Waals surface area contributed by atoms with E-state index < -0.39 is 0 Å². The second kappa shape index (κ2) is 3.06. The topological polar surface area (TPSA) is 55.6 Å². The van der Waals surface area contributed by atoms with E-state index in [9.17, 15) is 0 Å². The highest BCUT2D eigenvalue weighted by Gasteiger charge is 2.30. The van der Waals surface area contributed by atoms with Gasteiger partial charge in [-0.05, 0) is 6.92 Å². The molecule has 0 saturated carbocycles. The fourth-order valence-corrected chi connectivity index (χ4v) is 2.15. The molecule has 14 heavy (non-hydrogen) atoms. The largest absolute Gasteiger partial charge is 0.327 e. The third kappa shape index (κ3) is 1.11. The summed E-state index contributed by atoms with van der Waals surface area (Å²) in [4.78, 5) is 8.38. The van der Waals surface area contributed by atoms with Gasteiger partial charge in [0.15, 0.2) is 6.17 Å². The predicted octanol–water partition coefficient (Wildman–Crippen LogP) is 1.65. The van der Waals surface area contributed by atoms with Gasteiger partial charge < -0.3 is 5.32 Å². The maximum Gasteiger partial charge on any atom is 0.225 e. The zero-order valence-electron chi connectivity index (χ0n) is 6.93. The van der Waals surface area contributed by atoms with Crippen LogP contribution in [0, 0.1) is 6.92 Å². The fraction of sp³-hybridized carbons (Fsp3) is 0.375. The van der Waals surface area contributed by atoms with E-state index in [0.29, 0.717) is 0 Å². The van der Waals surface area contributed by atoms with E-state index in [1.807, 2.05) is 17.0 Å². The third-order valence-corrected chi connectivity index (χ3v) is 2.97. The molecule has 0 fully saturated rings. The summed E-state index contributed by atoms with van der Waals surface area (Å²) in [6.07, 6.45) is 1.64. The van der Waals surface area contributed by atoms with Gasteiger partial charge in [-0.2, -0.15) is 10.1 Å². The highest BCUT2D eigenvalue weighted by atomic mass is 32.1. The van der Waals surface area contributed by atoms with Crippen molar-refractivity contribution in [2.24, 2.45) is 0 Å². The van der Waals surface area contributed by atoms with Crippen molar-refractivity contribution in [2.75, 3.05) is 5.32 Å². The van der Waals surface area contributed by atoms with Crippen LogP contribution in [0.25, 0.3) is 0 Å². The Morgan fingerprint density at radius 1 is 1.57 bits per heavy atom. The van der Waals surface area contributed by atoms with Crippen molar-refractivity contribution >= 4 is 17.3 Å². The summed E-state index contributed by atoms with van der Waals surface area (Å²) in [5.74, 6) is 0.817. The van der Waals surface area contributed by atoms with E-state index in [0.717, 1.165) is 16.6 Å². The van der Waals surface area contributed by atoms with E-state index in [1.54, 1.807) is 17.7 Å². The molecule has 1 atom stereocenters. The van der Waals surface area contributed by atoms with Crippen molar-refractivity contribution < 1.29 is 0 Å². The maximum absolute atomic E-state index is 4.38. The molecule has 0 radical (unpaired) electrons. The number of anilines is 1. The van der Waals surface area contributed by atoms with Crippen molar-refractivity contribution in [1.29, 1.82) is 0 Å². The van der Waals surface area contributed by atoms with Gasteiger partial charge in [-0.25, -0.2) is 9.67 Å². The minimum Gasteiger partial charge on any atom is -0.327 e. The van der Waals surface area contributed by atoms with Gasteiger partial charge in [0.1, 0.15) is 11.3 Å². The minimum atomic E-state index is 0. The molecular weight excluding hydrogens is 198 g/mol. The first-order valence-corrected chi connectivity index (χ1v) is 4.80. The Labute approximate surface area is 85.8 Å². The summed E-state index contributed by atoms with van der Waals surface area (Å²) in [6.45, 7) is 1.99. The van der Waals surface area contributed by atoms with Gasteiger partial charge in [-0.3, -0.25) is 0 Å². The van der Waals surface area contributed by atoms with Crippen LogP contribution < -0.4 is 5.32 Å². The standard InChI is InChI=1S/C7H7N5S.CH4/c1-4-2-13-6(10-4)5-11-7-8-3-9-12(5)7;/h2-3,5H,1H3,(H,8,9,11);1H4. The number of fused-ring (bicyclic) bond motifs is 1. The summed E-state index contributed by atoms with van der Waals surface area (Å²) in [5.41, 5.74) is 1.05. The molecule has 74 valence electrons. The van der Waals surface area contributed by atoms with E-state index in [1.165, 1.54) is 0 Å². The number of thiazole rings is 1. The second-order valence-electron chi connectivity index (χ2n) is 2.90. The molecule has 0 bridgehead atoms. The molecule has 0 saturated heterocycles. The number of nitrogens with one attached hydrogen (secondary N) is 1. The van der Waals surface area contributed by atoms with Crippen molar-refractivity contribution in [3.8, 4) is 0 Å². The van der Waals surface area contributed by atoms with Crippen LogP contribution >= 0.6 is 11.3 Å². The number of hydrogen-bond acceptors (Lipinski definition) is 5. The molecular formula is C8H11N5S. The van der Waals surface area contributed by atoms with Gasteiger partial charge >= 0.3 is 0 Å². The highest BCUT2D eigenvalue weighted by Crippen LogP contribution is 2.31. The molecule has 6 heteroatoms. The van der Waals surface area contributed by atoms with Crippen molar-refractivity contribution in [1.82, 2.24) is 19.7 Å². The van der Waals surface area contributed by atoms with Gasteiger partial charge in [0.25, 0.3) is 0 Å². The average Bonchev–Trinajstić information content (AvgIpc) is 2.61. The SMILES string of the molecule is C.Cc1csc(C2Nc3ncnn32)n1. The molecule has 1 N–H and O–H groups in total. The van der Waals surface area contributed by atoms with Crippen molar-refractivity contribution in [3.63, 3.8) is 0 Å². The normalized spacial score (nSPS) is 17.6. The zero-order chi connectivity index (χ0) is 8.84. The number of aromatic nitrogens is 4. The Morgan fingerprint density at radius 2 is 2.43 bits per heavy atom. The van der Waals surface area contributed by atoms with Crippen LogP contribution in [-0.4, -0.2) is 19.7 Å². The third-order valence-electron chi connectivity index (χ3n) is 1.95. The molecule has 2 aromatic heterocycles. The summed E-state index contributed by atoms with van der Waals surface area (Å²) < 4.78 is 1.83. The summed E-state index contributed by atoms with van der Waals surface area (Å²) >= 11 is 1.64. The van der Waals surface area contributed by atoms with Crippen LogP contribution in [0.2, 0.25) is 0 Å². The Hall–Kier alpha value is -1.43. The van der Waals surface area contributed by atoms with E-state index >= 15 is 0 Å². The van der Waals surface area contributed by atoms with Crippen molar-refractivity contribution in [3.05, 3.63) is 22.4 Å². The Balaban J connectivity index is 0.000000750. The lowest BCUT2D eigenvalue weighted by molar-refractivity contribution is 0.507. The fourth-order valence-electron chi connectivity index (χ4n) is 1.32. The molecule has 1 unspecified atom stereocenters. The number of aryl methyl sites for hydroxylation is 1. The lowest BCUT2D eigenvalue weighted by Gasteiger charge is -2.26. The molecule has 0 amide bonds. The quantitative estimate of drug-likeness (QED) is 0.776. The van der Waals surface area contributed by atoms with Crippen LogP contribution in [0.3, 0.4) is 0 Å². The van der Waals surface area contributed by atoms with E-state index in [4.69, 9.17) is 0 Å². The van der Waals surface area contributed by atoms with Crippen LogP contribution in [-0.2, 0) is 0 Å². The average molecular weight is 209 g/mol. The molecule has 2 aromatic rings. The number of hydrogen-bond donors (Lipinski definition) is 1. The predicted molar refractivity (Wildman–Crippen MR) is 55.4 cm³/mol. The minimum absolute atomic E-state index is 0. The lowest BCUT2D eigenvalue weighted by Crippen LogP contribution is -2.32. The van der Waals surface area contributed by atoms with E-state index in [-0.39, 0.29) is 13.6 Å². The highest BCUT2D eigenvalue weighted by molar-refractivity contribution is 7.09. The monoisotopic (exact) mass is 209 g/mol. The van der Waals surface area contributed by atoms with Gasteiger partial charge in [0.2, 0.25) is 5.95 Å². The first-order chi connectivity index (χ1) is 6.34. The first kappa shape index (κ1) is 9.14. The van der Waals surface area contributed by atoms with Gasteiger partial charge in [-0.1, -0.05) is 7.43 Å². The van der Waals surface area contributed by atoms with Crippen LogP contribution in [0.15, 0.2) is 11.7 Å². The maximum atomic E-state index is 4.38. The summed E-state index contributed by atoms with van der Waals surface area (Å²) in [6, 6.07) is 0. The molecule has 0 aliphatic carbocycles. The zero-order valence-corrected chi connectivity index (χ0v) is 7.75. The van der Waals surface area contributed by atoms with Crippen molar-refractivity contribution in [2.45, 2.75) is 20.5 Å². The second-order valence-corrected chi connectivity index (χ2v) is 3.79. The molecule has 3 heterocycles. The van der Waals surface area contributed by atoms with Gasteiger partial charge in [0, 0.05) is 11.1 Å². The molecule has 3 rings (SSSR count). The Morgan fingerprint density at radius 3 is 3.07 bits per heavy atom. The number of nitrogens with zero attached hydrogens (tertiary/aromatic N) is 4. The Kier molecular flexibility index (Phi) is 1.99. The summed E-state index contributed by atoms with van der Waals surface area (Å²) in [5, 5.41) is 10.3. The van der Waals surface area contributed by atoms with Crippen LogP contribution in [0.4, 0.5) is 5.95 Å². The molecule has 5 nitrogen and oxygen atoms in total. The molecule has 0 aromatic carbocycles. The van der Waals surface area contributed by atoms with E-state index in [2.05, 4.69) is 20.4 Å². The van der Waals surface area contributed by atoms with Crippen LogP contribution in [0.5, 0.6) is 0 Å². The molecule has 1 aliphatic rings. The Bertz CT molecular complexity index is 446. The van der Waals surface area contributed by atoms with Crippen LogP contribution in [0.1, 0.15) is 24.3 Å². The smallest absolute Gasteiger partial charge is 0.225 e. The molecule has 1 aliphatic heterocycles. The summed E-state index contributed by atoms with van der Waals surface area (Å²) in [7, 11) is 0. The van der Waals surface area contributed by atoms with Gasteiger partial charge in [-0.15, -0.1) is 11.3 Å². The number of rotatable bonds is 1. The van der Waals surface area contributed by atoms with Gasteiger partial charge in [0.05, 0.1) is 0 Å². The first-order valence-electron chi connectivity index (χ1n) is 3.92. The molecule has 0 spiro atoms.